The van der Waals surface area contributed by atoms with Crippen LogP contribution in [-0.4, -0.2) is 42.6 Å². The Hall–Kier alpha value is -2.54. The van der Waals surface area contributed by atoms with Crippen LogP contribution in [0.15, 0.2) is 18.2 Å². The minimum absolute atomic E-state index is 0.00456. The number of aromatic nitrogens is 2. The summed E-state index contributed by atoms with van der Waals surface area (Å²) in [6.45, 7) is 0.411. The van der Waals surface area contributed by atoms with Crippen molar-refractivity contribution in [3.05, 3.63) is 29.5 Å². The summed E-state index contributed by atoms with van der Waals surface area (Å²) < 4.78 is 15.8. The molecule has 1 aromatic carbocycles. The zero-order valence-electron chi connectivity index (χ0n) is 12.0. The molecule has 0 bridgehead atoms. The molecule has 7 nitrogen and oxygen atoms in total. The third-order valence-corrected chi connectivity index (χ3v) is 2.94. The molecule has 0 unspecified atom stereocenters. The molecule has 2 aromatic rings. The summed E-state index contributed by atoms with van der Waals surface area (Å²) in [6, 6.07) is 5.03. The van der Waals surface area contributed by atoms with E-state index in [0.29, 0.717) is 29.4 Å². The molecule has 0 fully saturated rings. The van der Waals surface area contributed by atoms with Gasteiger partial charge < -0.3 is 19.3 Å². The molecule has 0 aliphatic carbocycles. The van der Waals surface area contributed by atoms with Crippen molar-refractivity contribution in [3.63, 3.8) is 0 Å². The van der Waals surface area contributed by atoms with Crippen LogP contribution in [0.25, 0.3) is 11.3 Å². The number of aromatic carboxylic acids is 1. The molecule has 0 atom stereocenters. The first-order valence-corrected chi connectivity index (χ1v) is 6.13. The molecular weight excluding hydrogens is 276 g/mol. The first kappa shape index (κ1) is 14.9. The third kappa shape index (κ3) is 2.97. The van der Waals surface area contributed by atoms with Crippen LogP contribution < -0.4 is 9.47 Å². The fourth-order valence-electron chi connectivity index (χ4n) is 2.03. The van der Waals surface area contributed by atoms with Gasteiger partial charge in [0, 0.05) is 7.11 Å². The maximum atomic E-state index is 10.9. The van der Waals surface area contributed by atoms with E-state index in [0.717, 1.165) is 5.56 Å². The van der Waals surface area contributed by atoms with Gasteiger partial charge in [-0.15, -0.1) is 0 Å². The lowest BCUT2D eigenvalue weighted by Gasteiger charge is -2.13. The van der Waals surface area contributed by atoms with E-state index in [-0.39, 0.29) is 5.69 Å². The number of carboxylic acids is 1. The van der Waals surface area contributed by atoms with E-state index < -0.39 is 5.97 Å². The molecule has 0 saturated carbocycles. The average molecular weight is 292 g/mol. The highest BCUT2D eigenvalue weighted by atomic mass is 16.5. The fourth-order valence-corrected chi connectivity index (χ4v) is 2.03. The number of ether oxygens (including phenoxy) is 3. The topological polar surface area (TPSA) is 93.7 Å². The molecule has 1 heterocycles. The predicted octanol–water partition coefficient (Wildman–Crippen LogP) is 1.94. The van der Waals surface area contributed by atoms with Crippen molar-refractivity contribution in [1.82, 2.24) is 10.2 Å². The monoisotopic (exact) mass is 292 g/mol. The van der Waals surface area contributed by atoms with Crippen LogP contribution in [-0.2, 0) is 11.3 Å². The molecule has 0 saturated heterocycles. The highest BCUT2D eigenvalue weighted by Gasteiger charge is 2.19. The molecule has 21 heavy (non-hydrogen) atoms. The summed E-state index contributed by atoms with van der Waals surface area (Å²) in [7, 11) is 4.65. The van der Waals surface area contributed by atoms with Gasteiger partial charge in [-0.25, -0.2) is 4.79 Å². The molecule has 112 valence electrons. The largest absolute Gasteiger partial charge is 0.496 e. The summed E-state index contributed by atoms with van der Waals surface area (Å²) in [5, 5.41) is 15.4. The number of rotatable bonds is 6. The predicted molar refractivity (Wildman–Crippen MR) is 74.8 cm³/mol. The molecule has 0 aliphatic rings. The van der Waals surface area contributed by atoms with Gasteiger partial charge in [-0.3, -0.25) is 5.10 Å². The summed E-state index contributed by atoms with van der Waals surface area (Å²) in [5.74, 6) is -0.0163. The molecule has 0 radical (unpaired) electrons. The maximum absolute atomic E-state index is 10.9. The number of methoxy groups -OCH3 is 3. The first-order valence-electron chi connectivity index (χ1n) is 6.13. The van der Waals surface area contributed by atoms with Crippen LogP contribution in [0.4, 0.5) is 0 Å². The van der Waals surface area contributed by atoms with Crippen molar-refractivity contribution in [3.8, 4) is 22.8 Å². The van der Waals surface area contributed by atoms with Crippen LogP contribution in [0.3, 0.4) is 0 Å². The van der Waals surface area contributed by atoms with Gasteiger partial charge in [0.1, 0.15) is 22.9 Å². The average Bonchev–Trinajstić information content (AvgIpc) is 2.96. The second-order valence-corrected chi connectivity index (χ2v) is 4.28. The molecule has 7 heteroatoms. The van der Waals surface area contributed by atoms with Gasteiger partial charge >= 0.3 is 5.97 Å². The summed E-state index contributed by atoms with van der Waals surface area (Å²) in [6.07, 6.45) is 0. The highest BCUT2D eigenvalue weighted by molar-refractivity contribution is 5.88. The lowest BCUT2D eigenvalue weighted by molar-refractivity contribution is 0.0690. The fraction of sp³-hybridized carbons (Fsp3) is 0.286. The van der Waals surface area contributed by atoms with Gasteiger partial charge in [-0.2, -0.15) is 5.10 Å². The van der Waals surface area contributed by atoms with E-state index in [1.165, 1.54) is 20.3 Å². The van der Waals surface area contributed by atoms with Gasteiger partial charge in [0.05, 0.1) is 26.4 Å². The minimum atomic E-state index is -1.08. The van der Waals surface area contributed by atoms with Gasteiger partial charge in [0.25, 0.3) is 0 Å². The molecule has 2 rings (SSSR count). The van der Waals surface area contributed by atoms with Crippen molar-refractivity contribution in [2.75, 3.05) is 21.3 Å². The molecule has 0 spiro atoms. The van der Waals surface area contributed by atoms with Gasteiger partial charge in [0.15, 0.2) is 0 Å². The maximum Gasteiger partial charge on any atom is 0.353 e. The Labute approximate surface area is 121 Å². The number of hydrogen-bond acceptors (Lipinski definition) is 5. The van der Waals surface area contributed by atoms with Gasteiger partial charge in [-0.1, -0.05) is 0 Å². The Morgan fingerprint density at radius 1 is 1.19 bits per heavy atom. The van der Waals surface area contributed by atoms with Crippen molar-refractivity contribution in [1.29, 1.82) is 0 Å². The molecular formula is C14H16N2O5. The SMILES string of the molecule is COCc1cc(OC)c(-c2cc(C(=O)O)[nH]n2)c(OC)c1. The molecule has 0 amide bonds. The number of nitrogens with zero attached hydrogens (tertiary/aromatic N) is 1. The zero-order chi connectivity index (χ0) is 15.4. The van der Waals surface area contributed by atoms with Crippen molar-refractivity contribution in [2.45, 2.75) is 6.61 Å². The lowest BCUT2D eigenvalue weighted by atomic mass is 10.1. The number of aromatic amines is 1. The summed E-state index contributed by atoms with van der Waals surface area (Å²) in [4.78, 5) is 10.9. The van der Waals surface area contributed by atoms with Crippen molar-refractivity contribution < 1.29 is 24.1 Å². The smallest absolute Gasteiger partial charge is 0.353 e. The number of hydrogen-bond donors (Lipinski definition) is 2. The minimum Gasteiger partial charge on any atom is -0.496 e. The second-order valence-electron chi connectivity index (χ2n) is 4.28. The number of carbonyl (C=O) groups is 1. The van der Waals surface area contributed by atoms with Crippen LogP contribution in [0.1, 0.15) is 16.1 Å². The number of nitrogens with one attached hydrogen (secondary N) is 1. The second kappa shape index (κ2) is 6.27. The normalized spacial score (nSPS) is 10.4. The highest BCUT2D eigenvalue weighted by Crippen LogP contribution is 2.39. The van der Waals surface area contributed by atoms with Gasteiger partial charge in [0.2, 0.25) is 0 Å². The van der Waals surface area contributed by atoms with E-state index in [1.807, 2.05) is 0 Å². The summed E-state index contributed by atoms with van der Waals surface area (Å²) in [5.41, 5.74) is 1.90. The Balaban J connectivity index is 2.56. The standard InChI is InChI=1S/C14H16N2O5/c1-19-7-8-4-11(20-2)13(12(5-8)21-3)9-6-10(14(17)18)16-15-9/h4-6H,7H2,1-3H3,(H,15,16)(H,17,18). The van der Waals surface area contributed by atoms with Crippen LogP contribution in [0.2, 0.25) is 0 Å². The van der Waals surface area contributed by atoms with E-state index in [1.54, 1.807) is 19.2 Å². The van der Waals surface area contributed by atoms with E-state index >= 15 is 0 Å². The molecule has 0 aliphatic heterocycles. The first-order chi connectivity index (χ1) is 10.1. The van der Waals surface area contributed by atoms with Crippen molar-refractivity contribution in [2.24, 2.45) is 0 Å². The number of carboxylic acid groups (broad SMARTS) is 1. The van der Waals surface area contributed by atoms with Crippen molar-refractivity contribution >= 4 is 5.97 Å². The number of benzene rings is 1. The Kier molecular flexibility index (Phi) is 4.44. The van der Waals surface area contributed by atoms with Crippen LogP contribution in [0, 0.1) is 0 Å². The molecule has 1 aromatic heterocycles. The van der Waals surface area contributed by atoms with E-state index in [4.69, 9.17) is 19.3 Å². The Morgan fingerprint density at radius 2 is 1.81 bits per heavy atom. The summed E-state index contributed by atoms with van der Waals surface area (Å²) >= 11 is 0. The zero-order valence-corrected chi connectivity index (χ0v) is 12.0. The number of H-pyrrole nitrogens is 1. The lowest BCUT2D eigenvalue weighted by Crippen LogP contribution is -1.97. The van der Waals surface area contributed by atoms with Crippen LogP contribution >= 0.6 is 0 Å². The Morgan fingerprint density at radius 3 is 2.24 bits per heavy atom. The molecule has 2 N–H and O–H groups in total. The quantitative estimate of drug-likeness (QED) is 0.845. The van der Waals surface area contributed by atoms with E-state index in [9.17, 15) is 4.79 Å². The van der Waals surface area contributed by atoms with Crippen LogP contribution in [0.5, 0.6) is 11.5 Å². The van der Waals surface area contributed by atoms with E-state index in [2.05, 4.69) is 10.2 Å². The van der Waals surface area contributed by atoms with Gasteiger partial charge in [-0.05, 0) is 23.8 Å². The third-order valence-electron chi connectivity index (χ3n) is 2.94. The Bertz CT molecular complexity index is 626.